The highest BCUT2D eigenvalue weighted by Crippen LogP contribution is 2.59. The number of fused-ring (bicyclic) bond motifs is 2. The molecule has 1 nitrogen and oxygen atoms in total. The maximum Gasteiger partial charge on any atom is 0.0492 e. The zero-order chi connectivity index (χ0) is 10.2. The van der Waals surface area contributed by atoms with Gasteiger partial charge >= 0.3 is 0 Å². The summed E-state index contributed by atoms with van der Waals surface area (Å²) in [5, 5.41) is 9.74. The van der Waals surface area contributed by atoms with E-state index in [1.54, 1.807) is 0 Å². The van der Waals surface area contributed by atoms with E-state index in [2.05, 4.69) is 13.8 Å². The Morgan fingerprint density at radius 3 is 2.64 bits per heavy atom. The van der Waals surface area contributed by atoms with Crippen molar-refractivity contribution in [2.45, 2.75) is 52.4 Å². The van der Waals surface area contributed by atoms with Crippen LogP contribution in [0.25, 0.3) is 0 Å². The molecule has 0 aromatic rings. The SMILES string of the molecule is CCCC(C)C1(CO)CC2CCC1C2. The highest BCUT2D eigenvalue weighted by Gasteiger charge is 2.52. The molecule has 2 bridgehead atoms. The van der Waals surface area contributed by atoms with Crippen LogP contribution >= 0.6 is 0 Å². The van der Waals surface area contributed by atoms with E-state index in [0.29, 0.717) is 12.0 Å². The topological polar surface area (TPSA) is 20.2 Å². The molecule has 2 saturated carbocycles. The average Bonchev–Trinajstić information content (AvgIpc) is 2.77. The third-order valence-corrected chi connectivity index (χ3v) is 5.02. The van der Waals surface area contributed by atoms with Crippen LogP contribution in [0, 0.1) is 23.2 Å². The number of hydrogen-bond donors (Lipinski definition) is 1. The summed E-state index contributed by atoms with van der Waals surface area (Å²) >= 11 is 0. The summed E-state index contributed by atoms with van der Waals surface area (Å²) in [5.41, 5.74) is 0.318. The lowest BCUT2D eigenvalue weighted by molar-refractivity contribution is 0.00982. The average molecular weight is 196 g/mol. The second-order valence-corrected chi connectivity index (χ2v) is 5.66. The van der Waals surface area contributed by atoms with Crippen molar-refractivity contribution in [3.05, 3.63) is 0 Å². The Labute approximate surface area is 87.9 Å². The van der Waals surface area contributed by atoms with Crippen molar-refractivity contribution >= 4 is 0 Å². The third-order valence-electron chi connectivity index (χ3n) is 5.02. The Morgan fingerprint density at radius 2 is 2.21 bits per heavy atom. The first-order valence-corrected chi connectivity index (χ1v) is 6.33. The summed E-state index contributed by atoms with van der Waals surface area (Å²) in [7, 11) is 0. The third kappa shape index (κ3) is 1.41. The molecule has 2 rings (SSSR count). The van der Waals surface area contributed by atoms with E-state index >= 15 is 0 Å². The van der Waals surface area contributed by atoms with Crippen LogP contribution in [0.1, 0.15) is 52.4 Å². The van der Waals surface area contributed by atoms with Crippen LogP contribution in [-0.2, 0) is 0 Å². The minimum absolute atomic E-state index is 0.318. The van der Waals surface area contributed by atoms with Crippen molar-refractivity contribution in [3.63, 3.8) is 0 Å². The van der Waals surface area contributed by atoms with Crippen LogP contribution in [-0.4, -0.2) is 11.7 Å². The van der Waals surface area contributed by atoms with E-state index in [-0.39, 0.29) is 0 Å². The highest BCUT2D eigenvalue weighted by molar-refractivity contribution is 5.02. The van der Waals surface area contributed by atoms with Gasteiger partial charge in [-0.2, -0.15) is 0 Å². The molecule has 0 spiro atoms. The Hall–Kier alpha value is -0.0400. The van der Waals surface area contributed by atoms with Gasteiger partial charge in [0.2, 0.25) is 0 Å². The van der Waals surface area contributed by atoms with E-state index in [4.69, 9.17) is 0 Å². The molecule has 1 heteroatoms. The van der Waals surface area contributed by atoms with Crippen LogP contribution in [0.3, 0.4) is 0 Å². The first-order valence-electron chi connectivity index (χ1n) is 6.33. The fourth-order valence-electron chi connectivity index (χ4n) is 4.16. The first-order chi connectivity index (χ1) is 6.73. The molecule has 1 N–H and O–H groups in total. The number of aliphatic hydroxyl groups excluding tert-OH is 1. The van der Waals surface area contributed by atoms with Gasteiger partial charge in [0.15, 0.2) is 0 Å². The van der Waals surface area contributed by atoms with Gasteiger partial charge in [-0.15, -0.1) is 0 Å². The van der Waals surface area contributed by atoms with Crippen LogP contribution in [0.2, 0.25) is 0 Å². The molecule has 82 valence electrons. The van der Waals surface area contributed by atoms with Crippen molar-refractivity contribution in [2.75, 3.05) is 6.61 Å². The molecule has 4 atom stereocenters. The van der Waals surface area contributed by atoms with E-state index in [0.717, 1.165) is 17.8 Å². The Kier molecular flexibility index (Phi) is 2.88. The lowest BCUT2D eigenvalue weighted by atomic mass is 9.65. The Bertz CT molecular complexity index is 201. The number of rotatable bonds is 4. The summed E-state index contributed by atoms with van der Waals surface area (Å²) in [5.74, 6) is 2.53. The molecule has 2 aliphatic carbocycles. The lowest BCUT2D eigenvalue weighted by Gasteiger charge is -2.41. The first kappa shape index (κ1) is 10.5. The van der Waals surface area contributed by atoms with Crippen LogP contribution in [0.5, 0.6) is 0 Å². The lowest BCUT2D eigenvalue weighted by Crippen LogP contribution is -2.38. The molecule has 2 aliphatic rings. The predicted molar refractivity (Wildman–Crippen MR) is 59.0 cm³/mol. The molecule has 0 amide bonds. The minimum atomic E-state index is 0.318. The normalized spacial score (nSPS) is 43.1. The van der Waals surface area contributed by atoms with Gasteiger partial charge in [-0.25, -0.2) is 0 Å². The highest BCUT2D eigenvalue weighted by atomic mass is 16.3. The summed E-state index contributed by atoms with van der Waals surface area (Å²) in [6.45, 7) is 5.06. The van der Waals surface area contributed by atoms with E-state index in [9.17, 15) is 5.11 Å². The quantitative estimate of drug-likeness (QED) is 0.732. The van der Waals surface area contributed by atoms with Crippen molar-refractivity contribution in [1.29, 1.82) is 0 Å². The second-order valence-electron chi connectivity index (χ2n) is 5.66. The molecule has 4 unspecified atom stereocenters. The van der Waals surface area contributed by atoms with Crippen LogP contribution in [0.4, 0.5) is 0 Å². The minimum Gasteiger partial charge on any atom is -0.396 e. The second kappa shape index (κ2) is 3.84. The number of hydrogen-bond acceptors (Lipinski definition) is 1. The Morgan fingerprint density at radius 1 is 1.43 bits per heavy atom. The maximum atomic E-state index is 9.74. The molecule has 0 radical (unpaired) electrons. The molecule has 2 fully saturated rings. The van der Waals surface area contributed by atoms with Crippen molar-refractivity contribution < 1.29 is 5.11 Å². The number of aliphatic hydroxyl groups is 1. The smallest absolute Gasteiger partial charge is 0.0492 e. The fourth-order valence-corrected chi connectivity index (χ4v) is 4.16. The van der Waals surface area contributed by atoms with Gasteiger partial charge in [-0.05, 0) is 42.4 Å². The van der Waals surface area contributed by atoms with E-state index in [1.807, 2.05) is 0 Å². The molecule has 0 aromatic heterocycles. The molecular weight excluding hydrogens is 172 g/mol. The fraction of sp³-hybridized carbons (Fsp3) is 1.00. The standard InChI is InChI=1S/C13H24O/c1-3-4-10(2)13(9-14)8-11-5-6-12(13)7-11/h10-12,14H,3-9H2,1-2H3. The Balaban J connectivity index is 2.10. The van der Waals surface area contributed by atoms with Crippen molar-refractivity contribution in [1.82, 2.24) is 0 Å². The maximum absolute atomic E-state index is 9.74. The monoisotopic (exact) mass is 196 g/mol. The van der Waals surface area contributed by atoms with Crippen LogP contribution in [0.15, 0.2) is 0 Å². The van der Waals surface area contributed by atoms with Crippen LogP contribution < -0.4 is 0 Å². The molecular formula is C13H24O. The zero-order valence-corrected chi connectivity index (χ0v) is 9.63. The molecule has 0 aromatic carbocycles. The predicted octanol–water partition coefficient (Wildman–Crippen LogP) is 3.22. The van der Waals surface area contributed by atoms with E-state index < -0.39 is 0 Å². The van der Waals surface area contributed by atoms with Crippen molar-refractivity contribution in [3.8, 4) is 0 Å². The van der Waals surface area contributed by atoms with Gasteiger partial charge in [0, 0.05) is 6.61 Å². The van der Waals surface area contributed by atoms with E-state index in [1.165, 1.54) is 38.5 Å². The van der Waals surface area contributed by atoms with Gasteiger partial charge in [-0.1, -0.05) is 33.1 Å². The summed E-state index contributed by atoms with van der Waals surface area (Å²) < 4.78 is 0. The van der Waals surface area contributed by atoms with Crippen molar-refractivity contribution in [2.24, 2.45) is 23.2 Å². The molecule has 0 aliphatic heterocycles. The molecule has 0 saturated heterocycles. The zero-order valence-electron chi connectivity index (χ0n) is 9.63. The molecule has 14 heavy (non-hydrogen) atoms. The van der Waals surface area contributed by atoms with Gasteiger partial charge in [0.25, 0.3) is 0 Å². The largest absolute Gasteiger partial charge is 0.396 e. The summed E-state index contributed by atoms with van der Waals surface area (Å²) in [4.78, 5) is 0. The van der Waals surface area contributed by atoms with Gasteiger partial charge in [0.05, 0.1) is 0 Å². The summed E-state index contributed by atoms with van der Waals surface area (Å²) in [6.07, 6.45) is 8.11. The van der Waals surface area contributed by atoms with Gasteiger partial charge in [-0.3, -0.25) is 0 Å². The van der Waals surface area contributed by atoms with Gasteiger partial charge in [0.1, 0.15) is 0 Å². The van der Waals surface area contributed by atoms with Gasteiger partial charge < -0.3 is 5.11 Å². The summed E-state index contributed by atoms with van der Waals surface area (Å²) in [6, 6.07) is 0. The molecule has 0 heterocycles.